The third-order valence-electron chi connectivity index (χ3n) is 3.05. The summed E-state index contributed by atoms with van der Waals surface area (Å²) in [6, 6.07) is 8.53. The molecule has 0 atom stereocenters. The van der Waals surface area contributed by atoms with Gasteiger partial charge in [-0.2, -0.15) is 0 Å². The molecule has 0 aromatic heterocycles. The van der Waals surface area contributed by atoms with E-state index in [-0.39, 0.29) is 11.1 Å². The fraction of sp³-hybridized carbons (Fsp3) is 0.600. The van der Waals surface area contributed by atoms with Crippen LogP contribution >= 0.6 is 22.6 Å². The van der Waals surface area contributed by atoms with Crippen LogP contribution in [0, 0.1) is 0 Å². The molecule has 0 aliphatic carbocycles. The van der Waals surface area contributed by atoms with Crippen LogP contribution in [0.4, 0.5) is 11.4 Å². The second kappa shape index (κ2) is 6.13. The normalized spacial score (nSPS) is 12.3. The molecule has 0 fully saturated rings. The largest absolute Gasteiger partial charge is 0.380 e. The molecule has 0 radical (unpaired) electrons. The fourth-order valence-corrected chi connectivity index (χ4v) is 1.77. The van der Waals surface area contributed by atoms with Gasteiger partial charge >= 0.3 is 0 Å². The van der Waals surface area contributed by atoms with Gasteiger partial charge < -0.3 is 10.6 Å². The van der Waals surface area contributed by atoms with Crippen molar-refractivity contribution in [2.45, 2.75) is 52.1 Å². The molecule has 0 unspecified atom stereocenters. The van der Waals surface area contributed by atoms with Crippen molar-refractivity contribution in [2.75, 3.05) is 15.1 Å². The molecule has 0 aliphatic rings. The molecule has 0 saturated heterocycles. The standard InChI is InChI=1S/C15H25IN2/c1-6-14(2,3)17-12-8-7-9-13(10-12)18-15(4,5)11-16/h7-10,17-18H,6,11H2,1-5H3. The van der Waals surface area contributed by atoms with E-state index in [0.29, 0.717) is 0 Å². The van der Waals surface area contributed by atoms with E-state index in [1.54, 1.807) is 0 Å². The number of halogens is 1. The van der Waals surface area contributed by atoms with Gasteiger partial charge in [0, 0.05) is 26.9 Å². The Morgan fingerprint density at radius 3 is 1.94 bits per heavy atom. The number of anilines is 2. The predicted octanol–water partition coefficient (Wildman–Crippen LogP) is 4.91. The maximum atomic E-state index is 3.57. The van der Waals surface area contributed by atoms with Crippen LogP contribution in [0.1, 0.15) is 41.0 Å². The Morgan fingerprint density at radius 2 is 1.50 bits per heavy atom. The zero-order valence-corrected chi connectivity index (χ0v) is 14.3. The summed E-state index contributed by atoms with van der Waals surface area (Å²) in [7, 11) is 0. The lowest BCUT2D eigenvalue weighted by atomic mass is 10.0. The van der Waals surface area contributed by atoms with Crippen LogP contribution in [0.25, 0.3) is 0 Å². The topological polar surface area (TPSA) is 24.1 Å². The molecule has 3 heteroatoms. The second-order valence-corrected chi connectivity index (χ2v) is 6.85. The summed E-state index contributed by atoms with van der Waals surface area (Å²) >= 11 is 2.42. The number of rotatable bonds is 6. The fourth-order valence-electron chi connectivity index (χ4n) is 1.58. The highest BCUT2D eigenvalue weighted by molar-refractivity contribution is 14.1. The van der Waals surface area contributed by atoms with E-state index in [2.05, 4.69) is 92.1 Å². The lowest BCUT2D eigenvalue weighted by Gasteiger charge is -2.28. The minimum atomic E-state index is 0.124. The summed E-state index contributed by atoms with van der Waals surface area (Å²) in [6.45, 7) is 11.1. The molecule has 0 heterocycles. The third kappa shape index (κ3) is 5.04. The Balaban J connectivity index is 2.80. The molecule has 0 bridgehead atoms. The van der Waals surface area contributed by atoms with Crippen LogP contribution in [0.2, 0.25) is 0 Å². The number of nitrogens with one attached hydrogen (secondary N) is 2. The van der Waals surface area contributed by atoms with Gasteiger partial charge in [0.1, 0.15) is 0 Å². The Kier molecular flexibility index (Phi) is 5.32. The van der Waals surface area contributed by atoms with E-state index in [0.717, 1.165) is 10.8 Å². The lowest BCUT2D eigenvalue weighted by molar-refractivity contribution is 0.547. The number of benzene rings is 1. The zero-order chi connectivity index (χ0) is 13.8. The van der Waals surface area contributed by atoms with Gasteiger partial charge in [0.2, 0.25) is 0 Å². The third-order valence-corrected chi connectivity index (χ3v) is 4.95. The van der Waals surface area contributed by atoms with Crippen molar-refractivity contribution in [2.24, 2.45) is 0 Å². The Labute approximate surface area is 125 Å². The summed E-state index contributed by atoms with van der Waals surface area (Å²) in [6.07, 6.45) is 1.10. The van der Waals surface area contributed by atoms with Gasteiger partial charge in [0.25, 0.3) is 0 Å². The van der Waals surface area contributed by atoms with Crippen molar-refractivity contribution in [3.63, 3.8) is 0 Å². The summed E-state index contributed by atoms with van der Waals surface area (Å²) in [5, 5.41) is 7.13. The minimum absolute atomic E-state index is 0.124. The van der Waals surface area contributed by atoms with Crippen molar-refractivity contribution >= 4 is 34.0 Å². The van der Waals surface area contributed by atoms with Gasteiger partial charge in [0.05, 0.1) is 0 Å². The first-order valence-corrected chi connectivity index (χ1v) is 8.03. The Morgan fingerprint density at radius 1 is 1.00 bits per heavy atom. The van der Waals surface area contributed by atoms with Crippen LogP contribution in [-0.2, 0) is 0 Å². The van der Waals surface area contributed by atoms with E-state index >= 15 is 0 Å². The van der Waals surface area contributed by atoms with Crippen LogP contribution in [0.15, 0.2) is 24.3 Å². The summed E-state index contributed by atoms with van der Waals surface area (Å²) in [5.41, 5.74) is 2.61. The molecule has 102 valence electrons. The van der Waals surface area contributed by atoms with Crippen LogP contribution in [0.5, 0.6) is 0 Å². The molecule has 1 rings (SSSR count). The molecule has 0 aliphatic heterocycles. The minimum Gasteiger partial charge on any atom is -0.380 e. The van der Waals surface area contributed by atoms with Gasteiger partial charge in [0.15, 0.2) is 0 Å². The molecule has 1 aromatic carbocycles. The molecular weight excluding hydrogens is 335 g/mol. The molecule has 0 amide bonds. The first-order chi connectivity index (χ1) is 8.28. The summed E-state index contributed by atoms with van der Waals surface area (Å²) < 4.78 is 1.07. The summed E-state index contributed by atoms with van der Waals surface area (Å²) in [5.74, 6) is 0. The number of alkyl halides is 1. The second-order valence-electron chi connectivity index (χ2n) is 6.09. The van der Waals surface area contributed by atoms with Crippen LogP contribution in [0.3, 0.4) is 0 Å². The lowest BCUT2D eigenvalue weighted by Crippen LogP contribution is -2.32. The highest BCUT2D eigenvalue weighted by atomic mass is 127. The van der Waals surface area contributed by atoms with Crippen molar-refractivity contribution in [1.82, 2.24) is 0 Å². The Bertz CT molecular complexity index is 353. The number of hydrogen-bond donors (Lipinski definition) is 2. The van der Waals surface area contributed by atoms with Crippen molar-refractivity contribution in [1.29, 1.82) is 0 Å². The predicted molar refractivity (Wildman–Crippen MR) is 91.0 cm³/mol. The van der Waals surface area contributed by atoms with Gasteiger partial charge in [-0.15, -0.1) is 0 Å². The van der Waals surface area contributed by atoms with E-state index in [4.69, 9.17) is 0 Å². The van der Waals surface area contributed by atoms with Crippen molar-refractivity contribution in [3.8, 4) is 0 Å². The SMILES string of the molecule is CCC(C)(C)Nc1cccc(NC(C)(C)CI)c1. The maximum Gasteiger partial charge on any atom is 0.0406 e. The monoisotopic (exact) mass is 360 g/mol. The maximum absolute atomic E-state index is 3.57. The van der Waals surface area contributed by atoms with E-state index < -0.39 is 0 Å². The summed E-state index contributed by atoms with van der Waals surface area (Å²) in [4.78, 5) is 0. The first-order valence-electron chi connectivity index (χ1n) is 6.50. The van der Waals surface area contributed by atoms with Crippen LogP contribution < -0.4 is 10.6 Å². The average molecular weight is 360 g/mol. The van der Waals surface area contributed by atoms with Gasteiger partial charge in [-0.3, -0.25) is 0 Å². The quantitative estimate of drug-likeness (QED) is 0.556. The first kappa shape index (κ1) is 15.6. The van der Waals surface area contributed by atoms with Crippen molar-refractivity contribution in [3.05, 3.63) is 24.3 Å². The van der Waals surface area contributed by atoms with E-state index in [9.17, 15) is 0 Å². The molecule has 2 nitrogen and oxygen atoms in total. The molecule has 1 aromatic rings. The smallest absolute Gasteiger partial charge is 0.0406 e. The molecule has 2 N–H and O–H groups in total. The Hall–Kier alpha value is -0.450. The van der Waals surface area contributed by atoms with Gasteiger partial charge in [-0.05, 0) is 52.3 Å². The van der Waals surface area contributed by atoms with Gasteiger partial charge in [-0.25, -0.2) is 0 Å². The molecule has 0 saturated carbocycles. The van der Waals surface area contributed by atoms with E-state index in [1.165, 1.54) is 11.4 Å². The van der Waals surface area contributed by atoms with Gasteiger partial charge in [-0.1, -0.05) is 35.6 Å². The molecule has 0 spiro atoms. The zero-order valence-electron chi connectivity index (χ0n) is 12.1. The van der Waals surface area contributed by atoms with E-state index in [1.807, 2.05) is 0 Å². The molecule has 18 heavy (non-hydrogen) atoms. The molecular formula is C15H25IN2. The van der Waals surface area contributed by atoms with Crippen LogP contribution in [-0.4, -0.2) is 15.5 Å². The highest BCUT2D eigenvalue weighted by Crippen LogP contribution is 2.23. The number of hydrogen-bond acceptors (Lipinski definition) is 2. The highest BCUT2D eigenvalue weighted by Gasteiger charge is 2.17. The average Bonchev–Trinajstić information content (AvgIpc) is 2.28. The van der Waals surface area contributed by atoms with Crippen molar-refractivity contribution < 1.29 is 0 Å².